The molecule has 2 aliphatic rings. The van der Waals surface area contributed by atoms with Crippen LogP contribution in [0.1, 0.15) is 32.1 Å². The van der Waals surface area contributed by atoms with Crippen LogP contribution in [0.5, 0.6) is 0 Å². The topological polar surface area (TPSA) is 47.4 Å². The molecule has 4 nitrogen and oxygen atoms in total. The lowest BCUT2D eigenvalue weighted by Crippen LogP contribution is -2.49. The van der Waals surface area contributed by atoms with Gasteiger partial charge in [0.15, 0.2) is 0 Å². The number of piperazine rings is 1. The fourth-order valence-corrected chi connectivity index (χ4v) is 3.86. The van der Waals surface area contributed by atoms with Crippen molar-refractivity contribution in [3.63, 3.8) is 0 Å². The molecule has 1 aliphatic heterocycles. The van der Waals surface area contributed by atoms with E-state index in [4.69, 9.17) is 4.78 Å². The highest BCUT2D eigenvalue weighted by molar-refractivity contribution is 7.89. The van der Waals surface area contributed by atoms with Gasteiger partial charge in [0.25, 0.3) is 0 Å². The molecule has 0 bridgehead atoms. The van der Waals surface area contributed by atoms with Crippen LogP contribution in [-0.2, 0) is 9.92 Å². The van der Waals surface area contributed by atoms with Crippen LogP contribution in [0.3, 0.4) is 0 Å². The third-order valence-electron chi connectivity index (χ3n) is 4.07. The highest BCUT2D eigenvalue weighted by atomic mass is 32.2. The van der Waals surface area contributed by atoms with E-state index in [1.54, 1.807) is 0 Å². The van der Waals surface area contributed by atoms with Crippen molar-refractivity contribution in [2.75, 3.05) is 39.0 Å². The molecule has 1 unspecified atom stereocenters. The minimum Gasteiger partial charge on any atom is -0.300 e. The third-order valence-corrected chi connectivity index (χ3v) is 5.42. The second-order valence-electron chi connectivity index (χ2n) is 5.54. The van der Waals surface area contributed by atoms with Crippen molar-refractivity contribution < 1.29 is 4.21 Å². The van der Waals surface area contributed by atoms with Crippen LogP contribution in [0, 0.1) is 10.7 Å². The van der Waals surface area contributed by atoms with Crippen molar-refractivity contribution in [1.29, 1.82) is 4.78 Å². The van der Waals surface area contributed by atoms with Crippen molar-refractivity contribution in [2.45, 2.75) is 32.1 Å². The molecule has 2 fully saturated rings. The molecule has 17 heavy (non-hydrogen) atoms. The number of hydrogen-bond acceptors (Lipinski definition) is 3. The van der Waals surface area contributed by atoms with Gasteiger partial charge in [-0.1, -0.05) is 19.3 Å². The lowest BCUT2D eigenvalue weighted by molar-refractivity contribution is 0.152. The van der Waals surface area contributed by atoms with Crippen molar-refractivity contribution in [2.24, 2.45) is 5.92 Å². The molecule has 2 rings (SSSR count). The van der Waals surface area contributed by atoms with E-state index in [0.717, 1.165) is 32.1 Å². The van der Waals surface area contributed by atoms with E-state index in [1.807, 2.05) is 4.31 Å². The van der Waals surface area contributed by atoms with Gasteiger partial charge in [-0.05, 0) is 18.8 Å². The maximum atomic E-state index is 11.6. The standard InChI is InChI=1S/C12H25N3OS/c1-17(13,16)15-9-7-14(8-10-15)11-12-5-3-2-4-6-12/h12-13H,2-11H2,1H3. The Kier molecular flexibility index (Phi) is 4.44. The normalized spacial score (nSPS) is 29.0. The molecule has 0 aromatic heterocycles. The molecule has 0 radical (unpaired) electrons. The molecule has 1 saturated carbocycles. The van der Waals surface area contributed by atoms with E-state index in [2.05, 4.69) is 4.90 Å². The minimum absolute atomic E-state index is 0.797. The van der Waals surface area contributed by atoms with Crippen LogP contribution >= 0.6 is 0 Å². The lowest BCUT2D eigenvalue weighted by Gasteiger charge is -2.36. The summed E-state index contributed by atoms with van der Waals surface area (Å²) in [5.41, 5.74) is 0. The van der Waals surface area contributed by atoms with Crippen LogP contribution in [0.25, 0.3) is 0 Å². The molecule has 0 spiro atoms. The molecule has 0 aromatic rings. The van der Waals surface area contributed by atoms with Gasteiger partial charge in [-0.3, -0.25) is 0 Å². The Morgan fingerprint density at radius 3 is 2.24 bits per heavy atom. The Morgan fingerprint density at radius 1 is 1.12 bits per heavy atom. The second-order valence-corrected chi connectivity index (χ2v) is 7.66. The van der Waals surface area contributed by atoms with Gasteiger partial charge < -0.3 is 4.90 Å². The Bertz CT molecular complexity index is 328. The Labute approximate surface area is 105 Å². The summed E-state index contributed by atoms with van der Waals surface area (Å²) in [5.74, 6) is 0.886. The Morgan fingerprint density at radius 2 is 1.71 bits per heavy atom. The van der Waals surface area contributed by atoms with Crippen LogP contribution in [-0.4, -0.2) is 52.4 Å². The predicted octanol–water partition coefficient (Wildman–Crippen LogP) is 1.78. The minimum atomic E-state index is -2.48. The molecule has 0 amide bonds. The van der Waals surface area contributed by atoms with Crippen LogP contribution < -0.4 is 0 Å². The summed E-state index contributed by atoms with van der Waals surface area (Å²) >= 11 is 0. The highest BCUT2D eigenvalue weighted by Gasteiger charge is 2.23. The summed E-state index contributed by atoms with van der Waals surface area (Å²) in [7, 11) is -2.48. The summed E-state index contributed by atoms with van der Waals surface area (Å²) in [6.07, 6.45) is 8.54. The third kappa shape index (κ3) is 3.93. The van der Waals surface area contributed by atoms with E-state index in [1.165, 1.54) is 44.9 Å². The molecular weight excluding hydrogens is 234 g/mol. The number of rotatable bonds is 3. The van der Waals surface area contributed by atoms with Crippen LogP contribution in [0.2, 0.25) is 0 Å². The van der Waals surface area contributed by atoms with Gasteiger partial charge in [0.05, 0.1) is 0 Å². The van der Waals surface area contributed by atoms with Crippen molar-refractivity contribution in [3.8, 4) is 0 Å². The summed E-state index contributed by atoms with van der Waals surface area (Å²) in [6, 6.07) is 0. The SMILES string of the molecule is CS(=N)(=O)N1CCN(CC2CCCCC2)CC1. The van der Waals surface area contributed by atoms with E-state index < -0.39 is 9.92 Å². The van der Waals surface area contributed by atoms with Crippen LogP contribution in [0.4, 0.5) is 0 Å². The smallest absolute Gasteiger partial charge is 0.104 e. The quantitative estimate of drug-likeness (QED) is 0.840. The molecule has 0 aromatic carbocycles. The molecule has 100 valence electrons. The molecular formula is C12H25N3OS. The summed E-state index contributed by atoms with van der Waals surface area (Å²) < 4.78 is 21.0. The number of hydrogen-bond donors (Lipinski definition) is 1. The van der Waals surface area contributed by atoms with Gasteiger partial charge in [-0.25, -0.2) is 13.3 Å². The Balaban J connectivity index is 1.75. The molecule has 1 saturated heterocycles. The van der Waals surface area contributed by atoms with E-state index in [0.29, 0.717) is 0 Å². The largest absolute Gasteiger partial charge is 0.300 e. The highest BCUT2D eigenvalue weighted by Crippen LogP contribution is 2.24. The monoisotopic (exact) mass is 259 g/mol. The van der Waals surface area contributed by atoms with Gasteiger partial charge in [0.2, 0.25) is 0 Å². The summed E-state index contributed by atoms with van der Waals surface area (Å²) in [6.45, 7) is 4.79. The van der Waals surface area contributed by atoms with Gasteiger partial charge in [0.1, 0.15) is 9.92 Å². The fourth-order valence-electron chi connectivity index (χ4n) is 3.00. The first-order valence-corrected chi connectivity index (χ1v) is 8.69. The van der Waals surface area contributed by atoms with Crippen molar-refractivity contribution in [3.05, 3.63) is 0 Å². The average Bonchev–Trinajstić information content (AvgIpc) is 2.30. The lowest BCUT2D eigenvalue weighted by atomic mass is 9.89. The number of nitrogens with zero attached hydrogens (tertiary/aromatic N) is 2. The average molecular weight is 259 g/mol. The molecule has 5 heteroatoms. The predicted molar refractivity (Wildman–Crippen MR) is 71.4 cm³/mol. The Hall–Kier alpha value is -0.130. The first kappa shape index (κ1) is 13.3. The van der Waals surface area contributed by atoms with E-state index in [9.17, 15) is 4.21 Å². The van der Waals surface area contributed by atoms with Crippen molar-refractivity contribution in [1.82, 2.24) is 9.21 Å². The molecule has 1 N–H and O–H groups in total. The molecule has 1 heterocycles. The number of nitrogens with one attached hydrogen (secondary N) is 1. The maximum Gasteiger partial charge on any atom is 0.104 e. The molecule has 1 atom stereocenters. The first-order chi connectivity index (χ1) is 8.05. The molecule has 1 aliphatic carbocycles. The van der Waals surface area contributed by atoms with E-state index >= 15 is 0 Å². The van der Waals surface area contributed by atoms with E-state index in [-0.39, 0.29) is 0 Å². The van der Waals surface area contributed by atoms with Gasteiger partial charge in [-0.15, -0.1) is 0 Å². The second kappa shape index (κ2) is 5.67. The first-order valence-electron chi connectivity index (χ1n) is 6.77. The van der Waals surface area contributed by atoms with Gasteiger partial charge >= 0.3 is 0 Å². The zero-order valence-electron chi connectivity index (χ0n) is 10.9. The summed E-state index contributed by atoms with van der Waals surface area (Å²) in [5, 5.41) is 0. The van der Waals surface area contributed by atoms with Gasteiger partial charge in [0, 0.05) is 39.0 Å². The van der Waals surface area contributed by atoms with Crippen LogP contribution in [0.15, 0.2) is 0 Å². The fraction of sp³-hybridized carbons (Fsp3) is 1.00. The zero-order chi connectivity index (χ0) is 12.3. The maximum absolute atomic E-state index is 11.6. The van der Waals surface area contributed by atoms with Crippen molar-refractivity contribution >= 4 is 9.92 Å². The summed E-state index contributed by atoms with van der Waals surface area (Å²) in [4.78, 5) is 2.50. The zero-order valence-corrected chi connectivity index (χ0v) is 11.7. The van der Waals surface area contributed by atoms with Gasteiger partial charge in [-0.2, -0.15) is 0 Å².